The molecule has 2 aromatic carbocycles. The molecule has 2 aromatic rings. The monoisotopic (exact) mass is 330 g/mol. The number of phenols is 1. The number of hydrogen-bond donors (Lipinski definition) is 2. The van der Waals surface area contributed by atoms with E-state index in [0.29, 0.717) is 17.2 Å². The summed E-state index contributed by atoms with van der Waals surface area (Å²) in [5, 5.41) is 18.8. The molecule has 0 atom stereocenters. The first-order valence-electron chi connectivity index (χ1n) is 8.22. The minimum absolute atomic E-state index is 0.000575. The van der Waals surface area contributed by atoms with E-state index in [0.717, 1.165) is 28.7 Å². The van der Waals surface area contributed by atoms with E-state index in [-0.39, 0.29) is 6.42 Å². The number of phenolic OH excluding ortho intramolecular Hbond substituents is 1. The molecule has 0 fully saturated rings. The van der Waals surface area contributed by atoms with Crippen LogP contribution in [0.25, 0.3) is 0 Å². The van der Waals surface area contributed by atoms with Crippen molar-refractivity contribution in [1.82, 2.24) is 0 Å². The Bertz CT molecular complexity index is 705. The third kappa shape index (κ3) is 5.01. The molecule has 0 amide bonds. The van der Waals surface area contributed by atoms with Crippen molar-refractivity contribution in [1.29, 1.82) is 0 Å². The zero-order valence-corrected chi connectivity index (χ0v) is 15.0. The van der Waals surface area contributed by atoms with Gasteiger partial charge in [-0.3, -0.25) is 4.79 Å². The lowest BCUT2D eigenvalue weighted by Gasteiger charge is -2.13. The number of aliphatic carboxylic acids is 1. The molecular formula is C20H26O4. The maximum absolute atomic E-state index is 10.7. The number of rotatable bonds is 5. The van der Waals surface area contributed by atoms with Gasteiger partial charge in [0.2, 0.25) is 0 Å². The number of benzene rings is 2. The van der Waals surface area contributed by atoms with Gasteiger partial charge < -0.3 is 14.9 Å². The summed E-state index contributed by atoms with van der Waals surface area (Å²) in [5.74, 6) is 0.806. The molecular weight excluding hydrogens is 304 g/mol. The van der Waals surface area contributed by atoms with Crippen LogP contribution in [-0.4, -0.2) is 16.2 Å². The topological polar surface area (TPSA) is 66.8 Å². The number of carboxylic acid groups (broad SMARTS) is 1. The Labute approximate surface area is 143 Å². The number of carbonyl (C=O) groups is 1. The van der Waals surface area contributed by atoms with E-state index in [4.69, 9.17) is 9.84 Å². The normalized spacial score (nSPS) is 9.88. The predicted molar refractivity (Wildman–Crippen MR) is 96.2 cm³/mol. The molecule has 0 saturated carbocycles. The first-order chi connectivity index (χ1) is 11.4. The van der Waals surface area contributed by atoms with E-state index in [9.17, 15) is 9.90 Å². The Kier molecular flexibility index (Phi) is 7.31. The predicted octanol–water partition coefficient (Wildman–Crippen LogP) is 5.02. The maximum Gasteiger partial charge on any atom is 0.307 e. The molecule has 0 aliphatic carbocycles. The standard InChI is InChI=1S/C18H20O4.C2H6/c1-4-14-10-15(8-12(3)18(14)21)22-16-6-5-13(7-11(16)2)9-17(19)20;1-2/h5-8,10,21H,4,9H2,1-3H3,(H,19,20);1-2H3. The highest BCUT2D eigenvalue weighted by Gasteiger charge is 2.09. The fourth-order valence-corrected chi connectivity index (χ4v) is 2.38. The third-order valence-electron chi connectivity index (χ3n) is 3.56. The number of ether oxygens (including phenoxy) is 1. The van der Waals surface area contributed by atoms with Gasteiger partial charge >= 0.3 is 5.97 Å². The molecule has 0 aliphatic rings. The van der Waals surface area contributed by atoms with Crippen molar-refractivity contribution in [2.24, 2.45) is 0 Å². The summed E-state index contributed by atoms with van der Waals surface area (Å²) in [6.07, 6.45) is 0.722. The van der Waals surface area contributed by atoms with Gasteiger partial charge in [-0.05, 0) is 60.7 Å². The minimum Gasteiger partial charge on any atom is -0.507 e. The van der Waals surface area contributed by atoms with Gasteiger partial charge in [0, 0.05) is 0 Å². The van der Waals surface area contributed by atoms with Crippen molar-refractivity contribution in [3.63, 3.8) is 0 Å². The first-order valence-corrected chi connectivity index (χ1v) is 8.22. The van der Waals surface area contributed by atoms with Gasteiger partial charge in [-0.1, -0.05) is 32.9 Å². The van der Waals surface area contributed by atoms with E-state index in [2.05, 4.69) is 0 Å². The summed E-state index contributed by atoms with van der Waals surface area (Å²) in [6.45, 7) is 9.70. The number of hydrogen-bond acceptors (Lipinski definition) is 3. The quantitative estimate of drug-likeness (QED) is 0.808. The van der Waals surface area contributed by atoms with Gasteiger partial charge in [0.25, 0.3) is 0 Å². The zero-order chi connectivity index (χ0) is 18.3. The summed E-state index contributed by atoms with van der Waals surface area (Å²) >= 11 is 0. The Hall–Kier alpha value is -2.49. The third-order valence-corrected chi connectivity index (χ3v) is 3.56. The minimum atomic E-state index is -0.852. The first kappa shape index (κ1) is 19.6. The molecule has 0 radical (unpaired) electrons. The summed E-state index contributed by atoms with van der Waals surface area (Å²) in [7, 11) is 0. The summed E-state index contributed by atoms with van der Waals surface area (Å²) < 4.78 is 5.89. The van der Waals surface area contributed by atoms with Crippen LogP contribution in [0.4, 0.5) is 0 Å². The molecule has 4 nitrogen and oxygen atoms in total. The summed E-state index contributed by atoms with van der Waals surface area (Å²) in [6, 6.07) is 8.97. The van der Waals surface area contributed by atoms with Gasteiger partial charge in [0.05, 0.1) is 6.42 Å². The van der Waals surface area contributed by atoms with Crippen molar-refractivity contribution >= 4 is 5.97 Å². The average molecular weight is 330 g/mol. The highest BCUT2D eigenvalue weighted by molar-refractivity contribution is 5.70. The second-order valence-corrected chi connectivity index (χ2v) is 5.37. The van der Waals surface area contributed by atoms with Crippen LogP contribution in [0.5, 0.6) is 17.2 Å². The van der Waals surface area contributed by atoms with E-state index in [1.807, 2.05) is 46.8 Å². The molecule has 0 spiro atoms. The van der Waals surface area contributed by atoms with E-state index < -0.39 is 5.97 Å². The second-order valence-electron chi connectivity index (χ2n) is 5.37. The van der Waals surface area contributed by atoms with Crippen molar-refractivity contribution in [2.75, 3.05) is 0 Å². The SMILES string of the molecule is CC.CCc1cc(Oc2ccc(CC(=O)O)cc2C)cc(C)c1O. The van der Waals surface area contributed by atoms with Gasteiger partial charge in [-0.15, -0.1) is 0 Å². The second kappa shape index (κ2) is 8.96. The molecule has 0 saturated heterocycles. The number of carboxylic acids is 1. The molecule has 2 N–H and O–H groups in total. The Balaban J connectivity index is 0.00000139. The fraction of sp³-hybridized carbons (Fsp3) is 0.350. The van der Waals surface area contributed by atoms with E-state index >= 15 is 0 Å². The lowest BCUT2D eigenvalue weighted by molar-refractivity contribution is -0.136. The molecule has 130 valence electrons. The van der Waals surface area contributed by atoms with Crippen LogP contribution in [0.3, 0.4) is 0 Å². The van der Waals surface area contributed by atoms with E-state index in [1.54, 1.807) is 18.2 Å². The highest BCUT2D eigenvalue weighted by atomic mass is 16.5. The molecule has 0 aromatic heterocycles. The van der Waals surface area contributed by atoms with Gasteiger partial charge in [0.1, 0.15) is 17.2 Å². The van der Waals surface area contributed by atoms with E-state index in [1.165, 1.54) is 0 Å². The number of aromatic hydroxyl groups is 1. The Morgan fingerprint density at radius 1 is 1.08 bits per heavy atom. The Morgan fingerprint density at radius 2 is 1.75 bits per heavy atom. The van der Waals surface area contributed by atoms with Crippen LogP contribution in [0.2, 0.25) is 0 Å². The summed E-state index contributed by atoms with van der Waals surface area (Å²) in [4.78, 5) is 10.7. The highest BCUT2D eigenvalue weighted by Crippen LogP contribution is 2.32. The van der Waals surface area contributed by atoms with Crippen molar-refractivity contribution in [2.45, 2.75) is 47.5 Å². The molecule has 2 rings (SSSR count). The largest absolute Gasteiger partial charge is 0.507 e. The summed E-state index contributed by atoms with van der Waals surface area (Å²) in [5.41, 5.74) is 3.24. The van der Waals surface area contributed by atoms with Gasteiger partial charge in [-0.25, -0.2) is 0 Å². The lowest BCUT2D eigenvalue weighted by atomic mass is 10.1. The average Bonchev–Trinajstić information content (AvgIpc) is 2.54. The lowest BCUT2D eigenvalue weighted by Crippen LogP contribution is -2.00. The van der Waals surface area contributed by atoms with Gasteiger partial charge in [-0.2, -0.15) is 0 Å². The molecule has 0 unspecified atom stereocenters. The molecule has 0 bridgehead atoms. The zero-order valence-electron chi connectivity index (χ0n) is 15.0. The van der Waals surface area contributed by atoms with Crippen LogP contribution in [0, 0.1) is 13.8 Å². The van der Waals surface area contributed by atoms with Gasteiger partial charge in [0.15, 0.2) is 0 Å². The van der Waals surface area contributed by atoms with Crippen LogP contribution in [0.15, 0.2) is 30.3 Å². The molecule has 0 aliphatic heterocycles. The Morgan fingerprint density at radius 3 is 2.29 bits per heavy atom. The van der Waals surface area contributed by atoms with Crippen LogP contribution in [0.1, 0.15) is 43.0 Å². The van der Waals surface area contributed by atoms with Crippen molar-refractivity contribution in [3.8, 4) is 17.2 Å². The number of aryl methyl sites for hydroxylation is 3. The molecule has 24 heavy (non-hydrogen) atoms. The molecule has 0 heterocycles. The van der Waals surface area contributed by atoms with Crippen LogP contribution >= 0.6 is 0 Å². The van der Waals surface area contributed by atoms with Crippen molar-refractivity contribution < 1.29 is 19.7 Å². The van der Waals surface area contributed by atoms with Crippen molar-refractivity contribution in [3.05, 3.63) is 52.6 Å². The van der Waals surface area contributed by atoms with Crippen LogP contribution in [-0.2, 0) is 17.6 Å². The molecule has 4 heteroatoms. The smallest absolute Gasteiger partial charge is 0.307 e. The van der Waals surface area contributed by atoms with Crippen LogP contribution < -0.4 is 4.74 Å². The fourth-order valence-electron chi connectivity index (χ4n) is 2.38. The maximum atomic E-state index is 10.7.